The Morgan fingerprint density at radius 2 is 2.47 bits per heavy atom. The molecular formula is C12H19N3O2. The first-order valence-electron chi connectivity index (χ1n) is 5.87. The van der Waals surface area contributed by atoms with Gasteiger partial charge in [-0.3, -0.25) is 9.69 Å². The van der Waals surface area contributed by atoms with Crippen LogP contribution in [0.25, 0.3) is 0 Å². The Balaban J connectivity index is 2.04. The van der Waals surface area contributed by atoms with Crippen LogP contribution in [0.2, 0.25) is 0 Å². The molecule has 94 valence electrons. The number of amides is 1. The van der Waals surface area contributed by atoms with Gasteiger partial charge in [0.2, 0.25) is 5.91 Å². The van der Waals surface area contributed by atoms with E-state index in [9.17, 15) is 4.79 Å². The van der Waals surface area contributed by atoms with Crippen molar-refractivity contribution in [2.24, 2.45) is 0 Å². The van der Waals surface area contributed by atoms with E-state index in [0.29, 0.717) is 13.1 Å². The van der Waals surface area contributed by atoms with Crippen molar-refractivity contribution in [2.45, 2.75) is 12.6 Å². The van der Waals surface area contributed by atoms with Crippen molar-refractivity contribution >= 4 is 5.91 Å². The average molecular weight is 237 g/mol. The molecule has 0 aromatic carbocycles. The van der Waals surface area contributed by atoms with Crippen molar-refractivity contribution in [1.29, 1.82) is 0 Å². The zero-order chi connectivity index (χ0) is 12.3. The van der Waals surface area contributed by atoms with Crippen molar-refractivity contribution in [3.63, 3.8) is 0 Å². The highest BCUT2D eigenvalue weighted by Gasteiger charge is 2.29. The van der Waals surface area contributed by atoms with Gasteiger partial charge in [0.25, 0.3) is 0 Å². The highest BCUT2D eigenvalue weighted by atomic mass is 16.3. The molecular weight excluding hydrogens is 218 g/mol. The molecule has 1 unspecified atom stereocenters. The molecule has 1 aromatic rings. The average Bonchev–Trinajstić information content (AvgIpc) is 2.81. The van der Waals surface area contributed by atoms with Gasteiger partial charge in [0.15, 0.2) is 0 Å². The fraction of sp³-hybridized carbons (Fsp3) is 0.583. The Hall–Kier alpha value is -1.33. The normalized spacial score (nSPS) is 21.4. The number of rotatable bonds is 3. The number of hydrogen-bond acceptors (Lipinski definition) is 4. The number of nitrogens with zero attached hydrogens (tertiary/aromatic N) is 2. The van der Waals surface area contributed by atoms with Crippen molar-refractivity contribution in [3.05, 3.63) is 24.2 Å². The molecule has 1 saturated heterocycles. The molecule has 0 saturated carbocycles. The second-order valence-electron chi connectivity index (χ2n) is 4.50. The van der Waals surface area contributed by atoms with Gasteiger partial charge in [-0.05, 0) is 12.1 Å². The minimum Gasteiger partial charge on any atom is -0.468 e. The second kappa shape index (κ2) is 5.33. The van der Waals surface area contributed by atoms with Crippen molar-refractivity contribution in [1.82, 2.24) is 15.1 Å². The summed E-state index contributed by atoms with van der Waals surface area (Å²) < 4.78 is 5.34. The van der Waals surface area contributed by atoms with Crippen molar-refractivity contribution < 1.29 is 9.21 Å². The number of hydrogen-bond donors (Lipinski definition) is 1. The molecule has 0 spiro atoms. The molecule has 5 nitrogen and oxygen atoms in total. The molecule has 5 heteroatoms. The van der Waals surface area contributed by atoms with Crippen LogP contribution in [-0.2, 0) is 11.3 Å². The third-order valence-corrected chi connectivity index (χ3v) is 3.02. The SMILES string of the molecule is CN(C)C(=O)C1CNCCN1Cc1ccco1. The van der Waals surface area contributed by atoms with Crippen LogP contribution in [0.3, 0.4) is 0 Å². The van der Waals surface area contributed by atoms with Gasteiger partial charge in [0.1, 0.15) is 11.8 Å². The summed E-state index contributed by atoms with van der Waals surface area (Å²) in [6, 6.07) is 3.73. The summed E-state index contributed by atoms with van der Waals surface area (Å²) in [7, 11) is 3.59. The van der Waals surface area contributed by atoms with E-state index < -0.39 is 0 Å². The number of piperazine rings is 1. The molecule has 0 bridgehead atoms. The summed E-state index contributed by atoms with van der Waals surface area (Å²) in [6.07, 6.45) is 1.67. The number of carbonyl (C=O) groups excluding carboxylic acids is 1. The van der Waals surface area contributed by atoms with E-state index in [-0.39, 0.29) is 11.9 Å². The van der Waals surface area contributed by atoms with Gasteiger partial charge in [-0.2, -0.15) is 0 Å². The highest BCUT2D eigenvalue weighted by Crippen LogP contribution is 2.12. The van der Waals surface area contributed by atoms with Crippen LogP contribution >= 0.6 is 0 Å². The standard InChI is InChI=1S/C12H19N3O2/c1-14(2)12(16)11-8-13-5-6-15(11)9-10-4-3-7-17-10/h3-4,7,11,13H,5-6,8-9H2,1-2H3. The lowest BCUT2D eigenvalue weighted by Gasteiger charge is -2.35. The Labute approximate surface area is 101 Å². The molecule has 1 atom stereocenters. The molecule has 1 aliphatic heterocycles. The monoisotopic (exact) mass is 237 g/mol. The first kappa shape index (κ1) is 12.1. The topological polar surface area (TPSA) is 48.7 Å². The molecule has 1 amide bonds. The quantitative estimate of drug-likeness (QED) is 0.812. The van der Waals surface area contributed by atoms with E-state index in [1.165, 1.54) is 0 Å². The second-order valence-corrected chi connectivity index (χ2v) is 4.50. The maximum Gasteiger partial charge on any atom is 0.240 e. The Morgan fingerprint density at radius 1 is 1.65 bits per heavy atom. The van der Waals surface area contributed by atoms with Crippen LogP contribution in [0.5, 0.6) is 0 Å². The number of furan rings is 1. The minimum absolute atomic E-state index is 0.0937. The van der Waals surface area contributed by atoms with Gasteiger partial charge in [0.05, 0.1) is 12.8 Å². The fourth-order valence-electron chi connectivity index (χ4n) is 2.08. The van der Waals surface area contributed by atoms with Crippen molar-refractivity contribution in [3.8, 4) is 0 Å². The van der Waals surface area contributed by atoms with Crippen LogP contribution < -0.4 is 5.32 Å². The van der Waals surface area contributed by atoms with E-state index in [1.54, 1.807) is 25.3 Å². The Bertz CT molecular complexity index is 362. The van der Waals surface area contributed by atoms with E-state index in [1.807, 2.05) is 12.1 Å². The lowest BCUT2D eigenvalue weighted by molar-refractivity contribution is -0.135. The molecule has 17 heavy (non-hydrogen) atoms. The van der Waals surface area contributed by atoms with Gasteiger partial charge >= 0.3 is 0 Å². The first-order chi connectivity index (χ1) is 8.18. The predicted molar refractivity (Wildman–Crippen MR) is 64.5 cm³/mol. The van der Waals surface area contributed by atoms with Gasteiger partial charge < -0.3 is 14.6 Å². The molecule has 1 aliphatic rings. The number of nitrogens with one attached hydrogen (secondary N) is 1. The van der Waals surface area contributed by atoms with E-state index >= 15 is 0 Å². The largest absolute Gasteiger partial charge is 0.468 e. The third-order valence-electron chi connectivity index (χ3n) is 3.02. The zero-order valence-corrected chi connectivity index (χ0v) is 10.3. The van der Waals surface area contributed by atoms with Crippen LogP contribution in [0, 0.1) is 0 Å². The summed E-state index contributed by atoms with van der Waals surface area (Å²) in [5, 5.41) is 3.26. The smallest absolute Gasteiger partial charge is 0.240 e. The van der Waals surface area contributed by atoms with Crippen LogP contribution in [-0.4, -0.2) is 55.5 Å². The molecule has 2 heterocycles. The maximum absolute atomic E-state index is 12.1. The molecule has 1 fully saturated rings. The summed E-state index contributed by atoms with van der Waals surface area (Å²) in [5.41, 5.74) is 0. The maximum atomic E-state index is 12.1. The van der Waals surface area contributed by atoms with Gasteiger partial charge in [-0.1, -0.05) is 0 Å². The number of likely N-dealkylation sites (N-methyl/N-ethyl adjacent to an activating group) is 1. The van der Waals surface area contributed by atoms with Gasteiger partial charge in [0, 0.05) is 33.7 Å². The molecule has 1 N–H and O–H groups in total. The summed E-state index contributed by atoms with van der Waals surface area (Å²) in [4.78, 5) is 15.9. The summed E-state index contributed by atoms with van der Waals surface area (Å²) >= 11 is 0. The Kier molecular flexibility index (Phi) is 3.81. The summed E-state index contributed by atoms with van der Waals surface area (Å²) in [5.74, 6) is 1.05. The molecule has 2 rings (SSSR count). The summed E-state index contributed by atoms with van der Waals surface area (Å²) in [6.45, 7) is 3.18. The van der Waals surface area contributed by atoms with E-state index in [4.69, 9.17) is 4.42 Å². The van der Waals surface area contributed by atoms with Crippen molar-refractivity contribution in [2.75, 3.05) is 33.7 Å². The van der Waals surface area contributed by atoms with Gasteiger partial charge in [-0.15, -0.1) is 0 Å². The van der Waals surface area contributed by atoms with Crippen LogP contribution in [0.15, 0.2) is 22.8 Å². The predicted octanol–water partition coefficient (Wildman–Crippen LogP) is 0.142. The lowest BCUT2D eigenvalue weighted by Crippen LogP contribution is -2.57. The van der Waals surface area contributed by atoms with E-state index in [2.05, 4.69) is 10.2 Å². The zero-order valence-electron chi connectivity index (χ0n) is 10.3. The highest BCUT2D eigenvalue weighted by molar-refractivity contribution is 5.81. The Morgan fingerprint density at radius 3 is 3.12 bits per heavy atom. The molecule has 0 radical (unpaired) electrons. The van der Waals surface area contributed by atoms with Gasteiger partial charge in [-0.25, -0.2) is 0 Å². The third kappa shape index (κ3) is 2.87. The first-order valence-corrected chi connectivity index (χ1v) is 5.87. The van der Waals surface area contributed by atoms with E-state index in [0.717, 1.165) is 18.8 Å². The molecule has 0 aliphatic carbocycles. The number of carbonyl (C=O) groups is 1. The minimum atomic E-state index is -0.0937. The van der Waals surface area contributed by atoms with Crippen LogP contribution in [0.4, 0.5) is 0 Å². The molecule has 1 aromatic heterocycles. The lowest BCUT2D eigenvalue weighted by atomic mass is 10.1. The van der Waals surface area contributed by atoms with Crippen LogP contribution in [0.1, 0.15) is 5.76 Å². The fourth-order valence-corrected chi connectivity index (χ4v) is 2.08.